The molecule has 1 fully saturated rings. The van der Waals surface area contributed by atoms with Gasteiger partial charge in [-0.05, 0) is 57.0 Å². The summed E-state index contributed by atoms with van der Waals surface area (Å²) in [5.74, 6) is 0. The molecule has 0 aliphatic carbocycles. The van der Waals surface area contributed by atoms with Crippen molar-refractivity contribution >= 4 is 0 Å². The monoisotopic (exact) mass is 241 g/mol. The van der Waals surface area contributed by atoms with Crippen molar-refractivity contribution in [2.45, 2.75) is 71.8 Å². The van der Waals surface area contributed by atoms with Crippen molar-refractivity contribution in [3.05, 3.63) is 0 Å². The summed E-state index contributed by atoms with van der Waals surface area (Å²) in [6.45, 7) is 12.5. The van der Waals surface area contributed by atoms with E-state index in [1.165, 1.54) is 19.5 Å². The summed E-state index contributed by atoms with van der Waals surface area (Å²) in [5.41, 5.74) is -0.0547. The van der Waals surface area contributed by atoms with E-state index in [1.54, 1.807) is 0 Å². The van der Waals surface area contributed by atoms with Crippen LogP contribution in [0.5, 0.6) is 0 Å². The van der Waals surface area contributed by atoms with Crippen LogP contribution in [0.2, 0.25) is 0 Å². The summed E-state index contributed by atoms with van der Waals surface area (Å²) < 4.78 is 0. The fourth-order valence-electron chi connectivity index (χ4n) is 2.63. The second-order valence-corrected chi connectivity index (χ2v) is 6.98. The maximum Gasteiger partial charge on any atom is 0.0660 e. The Morgan fingerprint density at radius 3 is 2.47 bits per heavy atom. The molecule has 1 aliphatic heterocycles. The molecular weight excluding hydrogens is 210 g/mol. The van der Waals surface area contributed by atoms with Gasteiger partial charge in [0.25, 0.3) is 0 Å². The van der Waals surface area contributed by atoms with Crippen molar-refractivity contribution in [2.75, 3.05) is 19.6 Å². The van der Waals surface area contributed by atoms with Crippen LogP contribution in [0, 0.1) is 5.41 Å². The number of likely N-dealkylation sites (tertiary alicyclic amines) is 1. The molecule has 102 valence electrons. The van der Waals surface area contributed by atoms with Crippen molar-refractivity contribution in [3.8, 4) is 0 Å². The van der Waals surface area contributed by atoms with Gasteiger partial charge in [-0.3, -0.25) is 0 Å². The Labute approximate surface area is 107 Å². The van der Waals surface area contributed by atoms with Crippen molar-refractivity contribution < 1.29 is 5.11 Å². The second-order valence-electron chi connectivity index (χ2n) is 6.98. The van der Waals surface area contributed by atoms with Crippen molar-refractivity contribution in [2.24, 2.45) is 5.41 Å². The van der Waals surface area contributed by atoms with Crippen LogP contribution in [-0.4, -0.2) is 35.2 Å². The van der Waals surface area contributed by atoms with E-state index in [0.717, 1.165) is 38.6 Å². The predicted molar refractivity (Wildman–Crippen MR) is 74.2 cm³/mol. The van der Waals surface area contributed by atoms with Crippen LogP contribution in [0.1, 0.15) is 66.2 Å². The van der Waals surface area contributed by atoms with Crippen molar-refractivity contribution in [1.82, 2.24) is 4.90 Å². The van der Waals surface area contributed by atoms with E-state index >= 15 is 0 Å². The Hall–Kier alpha value is -0.0800. The van der Waals surface area contributed by atoms with Gasteiger partial charge in [-0.25, -0.2) is 0 Å². The molecule has 0 bridgehead atoms. The molecule has 1 unspecified atom stereocenters. The van der Waals surface area contributed by atoms with Gasteiger partial charge in [0.1, 0.15) is 0 Å². The third kappa shape index (κ3) is 5.87. The Morgan fingerprint density at radius 1 is 1.18 bits per heavy atom. The van der Waals surface area contributed by atoms with Crippen molar-refractivity contribution in [3.63, 3.8) is 0 Å². The quantitative estimate of drug-likeness (QED) is 0.815. The van der Waals surface area contributed by atoms with Crippen LogP contribution in [0.15, 0.2) is 0 Å². The number of nitrogens with zero attached hydrogens (tertiary/aromatic N) is 1. The van der Waals surface area contributed by atoms with E-state index in [1.807, 2.05) is 0 Å². The molecule has 2 heteroatoms. The molecule has 0 aromatic heterocycles. The highest BCUT2D eigenvalue weighted by atomic mass is 16.3. The number of aliphatic hydroxyl groups is 1. The van der Waals surface area contributed by atoms with Gasteiger partial charge in [-0.15, -0.1) is 0 Å². The molecule has 0 radical (unpaired) electrons. The first-order valence-electron chi connectivity index (χ1n) is 7.29. The van der Waals surface area contributed by atoms with E-state index in [2.05, 4.69) is 32.6 Å². The molecule has 1 aliphatic rings. The van der Waals surface area contributed by atoms with Gasteiger partial charge in [-0.1, -0.05) is 27.7 Å². The highest BCUT2D eigenvalue weighted by molar-refractivity contribution is 4.84. The largest absolute Gasteiger partial charge is 0.390 e. The Morgan fingerprint density at radius 2 is 1.88 bits per heavy atom. The summed E-state index contributed by atoms with van der Waals surface area (Å²) in [4.78, 5) is 2.51. The smallest absolute Gasteiger partial charge is 0.0660 e. The average molecular weight is 241 g/mol. The zero-order valence-electron chi connectivity index (χ0n) is 12.3. The van der Waals surface area contributed by atoms with E-state index in [9.17, 15) is 5.11 Å². The topological polar surface area (TPSA) is 23.5 Å². The number of hydrogen-bond acceptors (Lipinski definition) is 2. The fraction of sp³-hybridized carbons (Fsp3) is 1.00. The van der Waals surface area contributed by atoms with E-state index in [4.69, 9.17) is 0 Å². The van der Waals surface area contributed by atoms with Crippen LogP contribution >= 0.6 is 0 Å². The van der Waals surface area contributed by atoms with Gasteiger partial charge in [0.15, 0.2) is 0 Å². The molecule has 0 amide bonds. The van der Waals surface area contributed by atoms with Crippen LogP contribution in [0.25, 0.3) is 0 Å². The summed E-state index contributed by atoms with van der Waals surface area (Å²) in [6, 6.07) is 0. The Balaban J connectivity index is 2.42. The molecule has 0 saturated carbocycles. The lowest BCUT2D eigenvalue weighted by Crippen LogP contribution is -2.32. The minimum atomic E-state index is -0.393. The van der Waals surface area contributed by atoms with Gasteiger partial charge < -0.3 is 10.0 Å². The average Bonchev–Trinajstić information content (AvgIpc) is 2.39. The second kappa shape index (κ2) is 6.19. The van der Waals surface area contributed by atoms with E-state index < -0.39 is 5.60 Å². The minimum Gasteiger partial charge on any atom is -0.390 e. The van der Waals surface area contributed by atoms with Gasteiger partial charge >= 0.3 is 0 Å². The first-order chi connectivity index (χ1) is 7.85. The van der Waals surface area contributed by atoms with E-state index in [-0.39, 0.29) is 0 Å². The first-order valence-corrected chi connectivity index (χ1v) is 7.29. The van der Waals surface area contributed by atoms with Gasteiger partial charge in [0, 0.05) is 6.54 Å². The summed E-state index contributed by atoms with van der Waals surface area (Å²) in [6.07, 6.45) is 6.42. The summed E-state index contributed by atoms with van der Waals surface area (Å²) >= 11 is 0. The number of rotatable bonds is 4. The lowest BCUT2D eigenvalue weighted by Gasteiger charge is -2.30. The van der Waals surface area contributed by atoms with Crippen LogP contribution in [0.4, 0.5) is 0 Å². The Bertz CT molecular complexity index is 221. The lowest BCUT2D eigenvalue weighted by molar-refractivity contribution is 0.00726. The van der Waals surface area contributed by atoms with Crippen LogP contribution in [-0.2, 0) is 0 Å². The van der Waals surface area contributed by atoms with Crippen LogP contribution in [0.3, 0.4) is 0 Å². The third-order valence-electron chi connectivity index (χ3n) is 3.89. The molecule has 2 nitrogen and oxygen atoms in total. The Kier molecular flexibility index (Phi) is 5.46. The SMILES string of the molecule is CCCN1CCCC(O)(CCC(C)(C)C)CC1. The third-order valence-corrected chi connectivity index (χ3v) is 3.89. The maximum atomic E-state index is 10.7. The van der Waals surface area contributed by atoms with Gasteiger partial charge in [0.05, 0.1) is 5.60 Å². The molecule has 0 aromatic carbocycles. The highest BCUT2D eigenvalue weighted by Crippen LogP contribution is 2.32. The zero-order valence-corrected chi connectivity index (χ0v) is 12.3. The fourth-order valence-corrected chi connectivity index (χ4v) is 2.63. The molecule has 1 N–H and O–H groups in total. The lowest BCUT2D eigenvalue weighted by atomic mass is 9.82. The standard InChI is InChI=1S/C15H31NO/c1-5-11-16-12-6-7-15(17,10-13-16)9-8-14(2,3)4/h17H,5-13H2,1-4H3. The summed E-state index contributed by atoms with van der Waals surface area (Å²) in [5, 5.41) is 10.7. The molecule has 0 aromatic rings. The van der Waals surface area contributed by atoms with E-state index in [0.29, 0.717) is 5.41 Å². The molecule has 17 heavy (non-hydrogen) atoms. The van der Waals surface area contributed by atoms with Crippen molar-refractivity contribution in [1.29, 1.82) is 0 Å². The molecule has 1 heterocycles. The normalized spacial score (nSPS) is 28.1. The molecule has 1 rings (SSSR count). The summed E-state index contributed by atoms with van der Waals surface area (Å²) in [7, 11) is 0. The number of hydrogen-bond donors (Lipinski definition) is 1. The first kappa shape index (κ1) is 15.0. The minimum absolute atomic E-state index is 0.338. The van der Waals surface area contributed by atoms with Gasteiger partial charge in [-0.2, -0.15) is 0 Å². The molecule has 0 spiro atoms. The maximum absolute atomic E-state index is 10.7. The predicted octanol–water partition coefficient (Wildman–Crippen LogP) is 3.44. The van der Waals surface area contributed by atoms with Crippen LogP contribution < -0.4 is 0 Å². The molecule has 1 saturated heterocycles. The molecule has 1 atom stereocenters. The highest BCUT2D eigenvalue weighted by Gasteiger charge is 2.30. The van der Waals surface area contributed by atoms with Gasteiger partial charge in [0.2, 0.25) is 0 Å². The molecular formula is C15H31NO. The zero-order chi connectivity index (χ0) is 12.9.